The highest BCUT2D eigenvalue weighted by atomic mass is 16.5. The van der Waals surface area contributed by atoms with Gasteiger partial charge in [-0.15, -0.1) is 0 Å². The van der Waals surface area contributed by atoms with Crippen LogP contribution in [0.1, 0.15) is 43.7 Å². The summed E-state index contributed by atoms with van der Waals surface area (Å²) in [4.78, 5) is 16.4. The van der Waals surface area contributed by atoms with Crippen LogP contribution in [0.2, 0.25) is 0 Å². The van der Waals surface area contributed by atoms with Gasteiger partial charge in [-0.1, -0.05) is 56.3 Å². The number of nitrogens with zero attached hydrogens (tertiary/aromatic N) is 4. The van der Waals surface area contributed by atoms with E-state index in [0.29, 0.717) is 24.0 Å². The second-order valence-electron chi connectivity index (χ2n) is 7.36. The van der Waals surface area contributed by atoms with E-state index in [9.17, 15) is 4.79 Å². The lowest BCUT2D eigenvalue weighted by Gasteiger charge is -2.13. The second-order valence-corrected chi connectivity index (χ2v) is 7.36. The Bertz CT molecular complexity index is 908. The minimum Gasteiger partial charge on any atom is -0.337 e. The number of amides is 2. The van der Waals surface area contributed by atoms with Gasteiger partial charge in [0.1, 0.15) is 5.82 Å². The average Bonchev–Trinajstić information content (AvgIpc) is 3.21. The molecule has 0 radical (unpaired) electrons. The number of aromatic nitrogens is 4. The second kappa shape index (κ2) is 7.61. The van der Waals surface area contributed by atoms with Crippen LogP contribution in [0.5, 0.6) is 0 Å². The zero-order valence-corrected chi connectivity index (χ0v) is 16.0. The SMILES string of the molecule is Cn1nc(C(C)(C)C)cc1NC(=O)NCc1nc(Cc2ccccc2)no1. The number of carbonyl (C=O) groups is 1. The summed E-state index contributed by atoms with van der Waals surface area (Å²) >= 11 is 0. The van der Waals surface area contributed by atoms with Gasteiger partial charge < -0.3 is 9.84 Å². The van der Waals surface area contributed by atoms with Crippen molar-refractivity contribution in [3.8, 4) is 0 Å². The lowest BCUT2D eigenvalue weighted by atomic mass is 9.92. The van der Waals surface area contributed by atoms with Gasteiger partial charge in [-0.25, -0.2) is 4.79 Å². The molecule has 8 nitrogen and oxygen atoms in total. The zero-order chi connectivity index (χ0) is 19.4. The van der Waals surface area contributed by atoms with Gasteiger partial charge in [0, 0.05) is 24.9 Å². The van der Waals surface area contributed by atoms with Crippen molar-refractivity contribution >= 4 is 11.8 Å². The van der Waals surface area contributed by atoms with E-state index in [1.807, 2.05) is 36.4 Å². The Morgan fingerprint density at radius 2 is 1.96 bits per heavy atom. The Morgan fingerprint density at radius 3 is 2.63 bits per heavy atom. The van der Waals surface area contributed by atoms with Crippen LogP contribution >= 0.6 is 0 Å². The van der Waals surface area contributed by atoms with Crippen LogP contribution in [-0.2, 0) is 25.4 Å². The monoisotopic (exact) mass is 368 g/mol. The fraction of sp³-hybridized carbons (Fsp3) is 0.368. The van der Waals surface area contributed by atoms with Gasteiger partial charge in [0.2, 0.25) is 5.89 Å². The molecule has 0 spiro atoms. The van der Waals surface area contributed by atoms with Crippen molar-refractivity contribution in [2.45, 2.75) is 39.2 Å². The van der Waals surface area contributed by atoms with Crippen molar-refractivity contribution in [1.82, 2.24) is 25.2 Å². The molecule has 0 saturated heterocycles. The van der Waals surface area contributed by atoms with Gasteiger partial charge in [-0.3, -0.25) is 10.00 Å². The summed E-state index contributed by atoms with van der Waals surface area (Å²) in [7, 11) is 1.79. The highest BCUT2D eigenvalue weighted by molar-refractivity contribution is 5.88. The third-order valence-corrected chi connectivity index (χ3v) is 4.01. The Morgan fingerprint density at radius 1 is 1.22 bits per heavy atom. The number of hydrogen-bond acceptors (Lipinski definition) is 5. The molecule has 2 heterocycles. The number of benzene rings is 1. The molecule has 3 rings (SSSR count). The Hall–Kier alpha value is -3.16. The molecule has 0 aliphatic heterocycles. The predicted octanol–water partition coefficient (Wildman–Crippen LogP) is 3.01. The first kappa shape index (κ1) is 18.6. The van der Waals surface area contributed by atoms with Gasteiger partial charge >= 0.3 is 6.03 Å². The molecule has 0 aliphatic carbocycles. The normalized spacial score (nSPS) is 11.4. The molecule has 0 unspecified atom stereocenters. The summed E-state index contributed by atoms with van der Waals surface area (Å²) in [6.45, 7) is 6.36. The van der Waals surface area contributed by atoms with Gasteiger partial charge in [0.05, 0.1) is 12.2 Å². The Kier molecular flexibility index (Phi) is 5.25. The molecule has 1 aromatic carbocycles. The average molecular weight is 368 g/mol. The van der Waals surface area contributed by atoms with Gasteiger partial charge in [0.25, 0.3) is 0 Å². The van der Waals surface area contributed by atoms with E-state index in [1.165, 1.54) is 0 Å². The minimum atomic E-state index is -0.360. The van der Waals surface area contributed by atoms with Gasteiger partial charge in [0.15, 0.2) is 5.82 Å². The summed E-state index contributed by atoms with van der Waals surface area (Å²) in [6, 6.07) is 11.4. The number of nitrogens with one attached hydrogen (secondary N) is 2. The van der Waals surface area contributed by atoms with Crippen molar-refractivity contribution in [2.75, 3.05) is 5.32 Å². The molecule has 2 amide bonds. The van der Waals surface area contributed by atoms with Crippen LogP contribution in [0.3, 0.4) is 0 Å². The topological polar surface area (TPSA) is 97.9 Å². The molecular formula is C19H24N6O2. The fourth-order valence-corrected chi connectivity index (χ4v) is 2.48. The molecule has 3 aromatic rings. The van der Waals surface area contributed by atoms with Crippen LogP contribution in [0.4, 0.5) is 10.6 Å². The molecule has 142 valence electrons. The first-order valence-electron chi connectivity index (χ1n) is 8.76. The van der Waals surface area contributed by atoms with E-state index in [-0.39, 0.29) is 18.0 Å². The molecule has 8 heteroatoms. The molecular weight excluding hydrogens is 344 g/mol. The number of urea groups is 1. The van der Waals surface area contributed by atoms with E-state index in [1.54, 1.807) is 11.7 Å². The lowest BCUT2D eigenvalue weighted by molar-refractivity contribution is 0.249. The standard InChI is InChI=1S/C19H24N6O2/c1-19(2,3)14-11-16(25(4)23-14)22-18(26)20-12-17-21-15(24-27-17)10-13-8-6-5-7-9-13/h5-9,11H,10,12H2,1-4H3,(H2,20,22,26). The van der Waals surface area contributed by atoms with Crippen LogP contribution in [0.15, 0.2) is 40.9 Å². The van der Waals surface area contributed by atoms with Gasteiger partial charge in [-0.05, 0) is 5.56 Å². The molecule has 0 aliphatic rings. The Labute approximate surface area is 158 Å². The van der Waals surface area contributed by atoms with Crippen molar-refractivity contribution in [3.63, 3.8) is 0 Å². The largest absolute Gasteiger partial charge is 0.337 e. The summed E-state index contributed by atoms with van der Waals surface area (Å²) in [5.74, 6) is 1.56. The van der Waals surface area contributed by atoms with Crippen LogP contribution in [0.25, 0.3) is 0 Å². The van der Waals surface area contributed by atoms with Crippen LogP contribution in [0, 0.1) is 0 Å². The molecule has 2 aromatic heterocycles. The molecule has 27 heavy (non-hydrogen) atoms. The highest BCUT2D eigenvalue weighted by Crippen LogP contribution is 2.23. The number of hydrogen-bond donors (Lipinski definition) is 2. The van der Waals surface area contributed by atoms with Gasteiger partial charge in [-0.2, -0.15) is 10.1 Å². The Balaban J connectivity index is 1.53. The number of carbonyl (C=O) groups excluding carboxylic acids is 1. The first-order chi connectivity index (χ1) is 12.8. The van der Waals surface area contributed by atoms with Crippen LogP contribution < -0.4 is 10.6 Å². The number of aryl methyl sites for hydroxylation is 1. The lowest BCUT2D eigenvalue weighted by Crippen LogP contribution is -2.29. The quantitative estimate of drug-likeness (QED) is 0.721. The highest BCUT2D eigenvalue weighted by Gasteiger charge is 2.19. The molecule has 0 saturated carbocycles. The molecule has 0 atom stereocenters. The van der Waals surface area contributed by atoms with E-state index < -0.39 is 0 Å². The molecule has 2 N–H and O–H groups in total. The third kappa shape index (κ3) is 4.93. The summed E-state index contributed by atoms with van der Waals surface area (Å²) in [5, 5.41) is 13.9. The number of rotatable bonds is 5. The maximum absolute atomic E-state index is 12.1. The third-order valence-electron chi connectivity index (χ3n) is 4.01. The van der Waals surface area contributed by atoms with Crippen molar-refractivity contribution in [1.29, 1.82) is 0 Å². The smallest absolute Gasteiger partial charge is 0.320 e. The first-order valence-corrected chi connectivity index (χ1v) is 8.76. The van der Waals surface area contributed by atoms with Crippen LogP contribution in [-0.4, -0.2) is 26.0 Å². The van der Waals surface area contributed by atoms with E-state index in [2.05, 4.69) is 46.6 Å². The van der Waals surface area contributed by atoms with Crippen molar-refractivity contribution in [3.05, 3.63) is 59.4 Å². The number of anilines is 1. The summed E-state index contributed by atoms with van der Waals surface area (Å²) in [6.07, 6.45) is 0.584. The molecule has 0 fully saturated rings. The fourth-order valence-electron chi connectivity index (χ4n) is 2.48. The predicted molar refractivity (Wildman–Crippen MR) is 101 cm³/mol. The summed E-state index contributed by atoms with van der Waals surface area (Å²) < 4.78 is 6.83. The van der Waals surface area contributed by atoms with E-state index >= 15 is 0 Å². The minimum absolute atomic E-state index is 0.0902. The van der Waals surface area contributed by atoms with E-state index in [4.69, 9.17) is 4.52 Å². The van der Waals surface area contributed by atoms with Crippen molar-refractivity contribution < 1.29 is 9.32 Å². The van der Waals surface area contributed by atoms with E-state index in [0.717, 1.165) is 11.3 Å². The zero-order valence-electron chi connectivity index (χ0n) is 16.0. The van der Waals surface area contributed by atoms with Crippen molar-refractivity contribution in [2.24, 2.45) is 7.05 Å². The summed E-state index contributed by atoms with van der Waals surface area (Å²) in [5.41, 5.74) is 1.91. The maximum Gasteiger partial charge on any atom is 0.320 e. The maximum atomic E-state index is 12.1. The molecule has 0 bridgehead atoms.